The van der Waals surface area contributed by atoms with Crippen LogP contribution in [0.15, 0.2) is 36.8 Å². The smallest absolute Gasteiger partial charge is 0.270 e. The van der Waals surface area contributed by atoms with Gasteiger partial charge in [0.15, 0.2) is 17.5 Å². The molecule has 2 aromatic heterocycles. The summed E-state index contributed by atoms with van der Waals surface area (Å²) in [6.07, 6.45) is 4.93. The van der Waals surface area contributed by atoms with Gasteiger partial charge in [-0.1, -0.05) is 6.07 Å². The summed E-state index contributed by atoms with van der Waals surface area (Å²) in [5.41, 5.74) is 1.02. The number of likely N-dealkylation sites (tertiary alicyclic amines) is 1. The van der Waals surface area contributed by atoms with Crippen molar-refractivity contribution >= 4 is 5.91 Å². The first-order chi connectivity index (χ1) is 12.1. The van der Waals surface area contributed by atoms with Crippen molar-refractivity contribution in [3.8, 4) is 17.1 Å². The summed E-state index contributed by atoms with van der Waals surface area (Å²) in [6, 6.07) is 5.55. The van der Waals surface area contributed by atoms with E-state index < -0.39 is 11.6 Å². The lowest BCUT2D eigenvalue weighted by Crippen LogP contribution is -2.27. The van der Waals surface area contributed by atoms with Gasteiger partial charge in [0.1, 0.15) is 12.0 Å². The van der Waals surface area contributed by atoms with Crippen LogP contribution in [0.25, 0.3) is 17.1 Å². The highest BCUT2D eigenvalue weighted by atomic mass is 19.2. The van der Waals surface area contributed by atoms with Crippen LogP contribution in [0.3, 0.4) is 0 Å². The highest BCUT2D eigenvalue weighted by molar-refractivity contribution is 5.94. The molecule has 4 rings (SSSR count). The van der Waals surface area contributed by atoms with E-state index in [4.69, 9.17) is 0 Å². The predicted octanol–water partition coefficient (Wildman–Crippen LogP) is 2.78. The molecule has 1 fully saturated rings. The number of aromatic amines is 1. The summed E-state index contributed by atoms with van der Waals surface area (Å²) in [4.78, 5) is 17.1. The van der Waals surface area contributed by atoms with E-state index in [1.165, 1.54) is 23.0 Å². The number of hydrogen-bond donors (Lipinski definition) is 1. The molecule has 128 valence electrons. The van der Waals surface area contributed by atoms with Gasteiger partial charge in [0, 0.05) is 24.8 Å². The summed E-state index contributed by atoms with van der Waals surface area (Å²) < 4.78 is 28.9. The van der Waals surface area contributed by atoms with Gasteiger partial charge in [-0.2, -0.15) is 0 Å². The summed E-state index contributed by atoms with van der Waals surface area (Å²) in [6.45, 7) is 1.50. The Labute approximate surface area is 142 Å². The fraction of sp³-hybridized carbons (Fsp3) is 0.235. The molecule has 1 aliphatic heterocycles. The topological polar surface area (TPSA) is 66.8 Å². The maximum absolute atomic E-state index is 14.1. The summed E-state index contributed by atoms with van der Waals surface area (Å²) in [5, 5.41) is 7.77. The normalized spacial score (nSPS) is 14.2. The largest absolute Gasteiger partial charge is 0.356 e. The van der Waals surface area contributed by atoms with E-state index in [-0.39, 0.29) is 11.6 Å². The lowest BCUT2D eigenvalue weighted by Gasteiger charge is -2.13. The monoisotopic (exact) mass is 343 g/mol. The van der Waals surface area contributed by atoms with Gasteiger partial charge in [0.25, 0.3) is 5.91 Å². The summed E-state index contributed by atoms with van der Waals surface area (Å²) in [7, 11) is 0. The highest BCUT2D eigenvalue weighted by Gasteiger charge is 2.22. The number of nitrogens with one attached hydrogen (secondary N) is 1. The Balaban J connectivity index is 1.69. The first kappa shape index (κ1) is 15.5. The van der Waals surface area contributed by atoms with Gasteiger partial charge in [0.2, 0.25) is 0 Å². The summed E-state index contributed by atoms with van der Waals surface area (Å²) >= 11 is 0. The third kappa shape index (κ3) is 2.69. The van der Waals surface area contributed by atoms with E-state index in [2.05, 4.69) is 15.2 Å². The molecular formula is C17H15F2N5O. The van der Waals surface area contributed by atoms with Crippen LogP contribution >= 0.6 is 0 Å². The summed E-state index contributed by atoms with van der Waals surface area (Å²) in [5.74, 6) is -1.68. The molecule has 6 nitrogen and oxygen atoms in total. The molecule has 1 aromatic carbocycles. The van der Waals surface area contributed by atoms with E-state index >= 15 is 0 Å². The predicted molar refractivity (Wildman–Crippen MR) is 86.2 cm³/mol. The van der Waals surface area contributed by atoms with Crippen molar-refractivity contribution in [1.29, 1.82) is 0 Å². The molecule has 0 unspecified atom stereocenters. The molecule has 0 aliphatic carbocycles. The molecule has 1 aliphatic rings. The second-order valence-electron chi connectivity index (χ2n) is 5.90. The van der Waals surface area contributed by atoms with Gasteiger partial charge in [0.05, 0.1) is 5.69 Å². The lowest BCUT2D eigenvalue weighted by atomic mass is 10.2. The number of hydrogen-bond acceptors (Lipinski definition) is 3. The van der Waals surface area contributed by atoms with Crippen LogP contribution in [-0.2, 0) is 0 Å². The van der Waals surface area contributed by atoms with Crippen LogP contribution in [0.4, 0.5) is 8.78 Å². The molecule has 0 spiro atoms. The Bertz CT molecular complexity index is 927. The zero-order chi connectivity index (χ0) is 17.4. The van der Waals surface area contributed by atoms with Crippen LogP contribution in [0, 0.1) is 11.6 Å². The molecular weight excluding hydrogens is 328 g/mol. The average molecular weight is 343 g/mol. The van der Waals surface area contributed by atoms with Crippen LogP contribution in [0.1, 0.15) is 23.3 Å². The number of H-pyrrole nitrogens is 1. The maximum Gasteiger partial charge on any atom is 0.270 e. The van der Waals surface area contributed by atoms with Gasteiger partial charge in [-0.15, -0.1) is 10.2 Å². The molecule has 1 saturated heterocycles. The van der Waals surface area contributed by atoms with Crippen molar-refractivity contribution < 1.29 is 13.6 Å². The van der Waals surface area contributed by atoms with Crippen molar-refractivity contribution in [2.24, 2.45) is 0 Å². The van der Waals surface area contributed by atoms with Crippen molar-refractivity contribution in [3.05, 3.63) is 54.1 Å². The highest BCUT2D eigenvalue weighted by Crippen LogP contribution is 2.24. The molecule has 25 heavy (non-hydrogen) atoms. The van der Waals surface area contributed by atoms with Gasteiger partial charge in [-0.3, -0.25) is 9.36 Å². The van der Waals surface area contributed by atoms with Crippen LogP contribution in [0.5, 0.6) is 0 Å². The Kier molecular flexibility index (Phi) is 3.79. The quantitative estimate of drug-likeness (QED) is 0.795. The van der Waals surface area contributed by atoms with E-state index in [0.717, 1.165) is 32.0 Å². The number of carbonyl (C=O) groups is 1. The molecule has 1 amide bonds. The standard InChI is InChI=1S/C17H15F2N5O/c18-12-4-3-5-14(15(12)19)24-10-21-22-16(24)11-8-13(20-9-11)17(25)23-6-1-2-7-23/h3-5,8-10,20H,1-2,6-7H2. The van der Waals surface area contributed by atoms with Gasteiger partial charge >= 0.3 is 0 Å². The number of nitrogens with zero attached hydrogens (tertiary/aromatic N) is 4. The van der Waals surface area contributed by atoms with Crippen LogP contribution < -0.4 is 0 Å². The Hall–Kier alpha value is -3.03. The zero-order valence-electron chi connectivity index (χ0n) is 13.2. The van der Waals surface area contributed by atoms with E-state index in [0.29, 0.717) is 17.1 Å². The van der Waals surface area contributed by atoms with Crippen molar-refractivity contribution in [3.63, 3.8) is 0 Å². The number of benzene rings is 1. The first-order valence-electron chi connectivity index (χ1n) is 7.97. The van der Waals surface area contributed by atoms with E-state index in [9.17, 15) is 13.6 Å². The third-order valence-electron chi connectivity index (χ3n) is 4.30. The molecule has 0 bridgehead atoms. The van der Waals surface area contributed by atoms with Gasteiger partial charge < -0.3 is 9.88 Å². The minimum absolute atomic E-state index is 0.00798. The van der Waals surface area contributed by atoms with Gasteiger partial charge in [-0.05, 0) is 31.0 Å². The van der Waals surface area contributed by atoms with Crippen LogP contribution in [0.2, 0.25) is 0 Å². The van der Waals surface area contributed by atoms with Gasteiger partial charge in [-0.25, -0.2) is 8.78 Å². The van der Waals surface area contributed by atoms with E-state index in [1.807, 2.05) is 0 Å². The Morgan fingerprint density at radius 1 is 1.20 bits per heavy atom. The minimum atomic E-state index is -0.979. The number of halogens is 2. The molecule has 1 N–H and O–H groups in total. The van der Waals surface area contributed by atoms with Crippen LogP contribution in [-0.4, -0.2) is 43.6 Å². The molecule has 3 aromatic rings. The maximum atomic E-state index is 14.1. The third-order valence-corrected chi connectivity index (χ3v) is 4.30. The molecule has 3 heterocycles. The van der Waals surface area contributed by atoms with Crippen molar-refractivity contribution in [1.82, 2.24) is 24.6 Å². The first-order valence-corrected chi connectivity index (χ1v) is 7.97. The van der Waals surface area contributed by atoms with E-state index in [1.54, 1.807) is 17.2 Å². The Morgan fingerprint density at radius 2 is 2.00 bits per heavy atom. The SMILES string of the molecule is O=C(c1cc(-c2nncn2-c2cccc(F)c2F)c[nH]1)N1CCCC1. The van der Waals surface area contributed by atoms with Crippen molar-refractivity contribution in [2.75, 3.05) is 13.1 Å². The molecule has 0 radical (unpaired) electrons. The molecule has 0 atom stereocenters. The molecule has 0 saturated carbocycles. The number of amides is 1. The lowest BCUT2D eigenvalue weighted by molar-refractivity contribution is 0.0788. The fourth-order valence-corrected chi connectivity index (χ4v) is 3.02. The number of aromatic nitrogens is 4. The average Bonchev–Trinajstić information content (AvgIpc) is 3.37. The second kappa shape index (κ2) is 6.12. The molecule has 8 heteroatoms. The Morgan fingerprint density at radius 3 is 2.80 bits per heavy atom. The minimum Gasteiger partial charge on any atom is -0.356 e. The fourth-order valence-electron chi connectivity index (χ4n) is 3.02. The second-order valence-corrected chi connectivity index (χ2v) is 5.90. The number of rotatable bonds is 3. The van der Waals surface area contributed by atoms with Crippen molar-refractivity contribution in [2.45, 2.75) is 12.8 Å². The number of carbonyl (C=O) groups excluding carboxylic acids is 1. The zero-order valence-corrected chi connectivity index (χ0v) is 13.2.